The minimum Gasteiger partial charge on any atom is -0.490 e. The second-order valence-corrected chi connectivity index (χ2v) is 9.26. The molecule has 2 aliphatic carbocycles. The van der Waals surface area contributed by atoms with E-state index < -0.39 is 28.5 Å². The number of allylic oxidation sites excluding steroid dienone is 4. The van der Waals surface area contributed by atoms with Gasteiger partial charge in [-0.3, -0.25) is 9.59 Å². The Hall–Kier alpha value is -1.68. The molecule has 0 aromatic carbocycles. The average molecular weight is 358 g/mol. The molecule has 0 unspecified atom stereocenters. The van der Waals surface area contributed by atoms with Crippen molar-refractivity contribution in [3.8, 4) is 0 Å². The molecule has 4 atom stereocenters. The Balaban J connectivity index is 2.21. The first kappa shape index (κ1) is 19.1. The number of carbonyl (C=O) groups excluding carboxylic acids is 2. The Labute approximate surface area is 156 Å². The number of Topliss-reactive ketones (excluding diaryl/α,β-unsaturated/α-hetero) is 2. The van der Waals surface area contributed by atoms with Gasteiger partial charge in [-0.2, -0.15) is 0 Å². The van der Waals surface area contributed by atoms with E-state index >= 15 is 0 Å². The zero-order valence-corrected chi connectivity index (χ0v) is 16.3. The summed E-state index contributed by atoms with van der Waals surface area (Å²) < 4.78 is 6.12. The Kier molecular flexibility index (Phi) is 4.34. The molecule has 2 bridgehead atoms. The van der Waals surface area contributed by atoms with Gasteiger partial charge in [0.15, 0.2) is 11.6 Å². The highest BCUT2D eigenvalue weighted by molar-refractivity contribution is 6.17. The second kappa shape index (κ2) is 5.91. The molecule has 3 rings (SSSR count). The predicted molar refractivity (Wildman–Crippen MR) is 100 cm³/mol. The lowest BCUT2D eigenvalue weighted by atomic mass is 9.48. The fraction of sp³-hybridized carbons (Fsp3) is 0.636. The van der Waals surface area contributed by atoms with Crippen molar-refractivity contribution in [1.82, 2.24) is 0 Å². The van der Waals surface area contributed by atoms with Gasteiger partial charge in [0.25, 0.3) is 0 Å². The molecule has 4 nitrogen and oxygen atoms in total. The molecule has 1 aliphatic heterocycles. The molecule has 1 spiro atoms. The van der Waals surface area contributed by atoms with Crippen LogP contribution in [0.2, 0.25) is 0 Å². The van der Waals surface area contributed by atoms with E-state index in [2.05, 4.69) is 13.2 Å². The van der Waals surface area contributed by atoms with Crippen molar-refractivity contribution in [2.24, 2.45) is 22.7 Å². The molecule has 1 saturated carbocycles. The number of hydrogen-bond donors (Lipinski definition) is 1. The van der Waals surface area contributed by atoms with Gasteiger partial charge in [-0.1, -0.05) is 26.0 Å². The van der Waals surface area contributed by atoms with Crippen molar-refractivity contribution >= 4 is 11.6 Å². The van der Waals surface area contributed by atoms with E-state index in [1.807, 2.05) is 19.9 Å². The number of ether oxygens (including phenoxy) is 1. The minimum atomic E-state index is -1.09. The highest BCUT2D eigenvalue weighted by atomic mass is 16.5. The molecule has 2 fully saturated rings. The first-order chi connectivity index (χ1) is 12.0. The maximum Gasteiger partial charge on any atom is 0.173 e. The van der Waals surface area contributed by atoms with Gasteiger partial charge < -0.3 is 9.84 Å². The summed E-state index contributed by atoms with van der Waals surface area (Å²) in [5.41, 5.74) is -1.75. The third kappa shape index (κ3) is 2.45. The van der Waals surface area contributed by atoms with Crippen molar-refractivity contribution < 1.29 is 19.4 Å². The Morgan fingerprint density at radius 2 is 1.88 bits per heavy atom. The highest BCUT2D eigenvalue weighted by Gasteiger charge is 2.67. The van der Waals surface area contributed by atoms with Crippen molar-refractivity contribution in [3.05, 3.63) is 36.6 Å². The first-order valence-corrected chi connectivity index (χ1v) is 9.43. The van der Waals surface area contributed by atoms with Crippen LogP contribution < -0.4 is 0 Å². The minimum absolute atomic E-state index is 0.0256. The zero-order valence-electron chi connectivity index (χ0n) is 16.3. The molecule has 0 radical (unpaired) electrons. The van der Waals surface area contributed by atoms with E-state index in [0.717, 1.165) is 6.42 Å². The van der Waals surface area contributed by atoms with E-state index in [0.29, 0.717) is 30.6 Å². The van der Waals surface area contributed by atoms with E-state index in [9.17, 15) is 14.7 Å². The lowest BCUT2D eigenvalue weighted by molar-refractivity contribution is -0.153. The van der Waals surface area contributed by atoms with Gasteiger partial charge in [0.1, 0.15) is 11.9 Å². The Morgan fingerprint density at radius 1 is 1.23 bits per heavy atom. The summed E-state index contributed by atoms with van der Waals surface area (Å²) in [5.74, 6) is -0.154. The van der Waals surface area contributed by atoms with Crippen molar-refractivity contribution in [3.63, 3.8) is 0 Å². The molecule has 1 N–H and O–H groups in total. The lowest BCUT2D eigenvalue weighted by Gasteiger charge is -2.52. The first-order valence-electron chi connectivity index (χ1n) is 9.43. The fourth-order valence-corrected chi connectivity index (χ4v) is 5.15. The summed E-state index contributed by atoms with van der Waals surface area (Å²) in [4.78, 5) is 26.8. The van der Waals surface area contributed by atoms with Crippen LogP contribution >= 0.6 is 0 Å². The molecule has 26 heavy (non-hydrogen) atoms. The maximum absolute atomic E-state index is 13.5. The van der Waals surface area contributed by atoms with E-state index in [-0.39, 0.29) is 17.5 Å². The van der Waals surface area contributed by atoms with Crippen molar-refractivity contribution in [2.75, 3.05) is 0 Å². The Morgan fingerprint density at radius 3 is 2.42 bits per heavy atom. The number of rotatable bonds is 5. The van der Waals surface area contributed by atoms with Crippen LogP contribution in [-0.2, 0) is 14.3 Å². The molecule has 4 heteroatoms. The van der Waals surface area contributed by atoms with Gasteiger partial charge in [0.2, 0.25) is 0 Å². The molecule has 3 aliphatic rings. The summed E-state index contributed by atoms with van der Waals surface area (Å²) in [6.07, 6.45) is 5.27. The molecule has 1 saturated heterocycles. The molecule has 0 amide bonds. The highest BCUT2D eigenvalue weighted by Crippen LogP contribution is 2.63. The van der Waals surface area contributed by atoms with Crippen LogP contribution in [-0.4, -0.2) is 28.4 Å². The third-order valence-electron chi connectivity index (χ3n) is 6.77. The van der Waals surface area contributed by atoms with Gasteiger partial charge in [0, 0.05) is 12.0 Å². The maximum atomic E-state index is 13.5. The van der Waals surface area contributed by atoms with Crippen LogP contribution in [0.5, 0.6) is 0 Å². The molecule has 142 valence electrons. The van der Waals surface area contributed by atoms with Gasteiger partial charge in [-0.25, -0.2) is 0 Å². The van der Waals surface area contributed by atoms with Crippen LogP contribution in [0, 0.1) is 22.7 Å². The van der Waals surface area contributed by atoms with Crippen LogP contribution in [0.4, 0.5) is 0 Å². The van der Waals surface area contributed by atoms with Gasteiger partial charge in [0.05, 0.1) is 16.9 Å². The van der Waals surface area contributed by atoms with Crippen LogP contribution in [0.1, 0.15) is 53.4 Å². The molecular formula is C22H30O4. The van der Waals surface area contributed by atoms with E-state index in [1.54, 1.807) is 19.9 Å². The van der Waals surface area contributed by atoms with Crippen molar-refractivity contribution in [2.45, 2.75) is 65.1 Å². The van der Waals surface area contributed by atoms with Crippen molar-refractivity contribution in [1.29, 1.82) is 0 Å². The Bertz CT molecular complexity index is 706. The smallest absolute Gasteiger partial charge is 0.173 e. The normalized spacial score (nSPS) is 35.8. The van der Waals surface area contributed by atoms with Gasteiger partial charge in [-0.15, -0.1) is 13.2 Å². The SMILES string of the molecule is C=CCC1=C2O[C@H](C(C)(C)O)C[C@@]23C[C@H](CC=C)C(C)(C)[C@@H](C1=O)C3=O. The second-order valence-electron chi connectivity index (χ2n) is 9.26. The quantitative estimate of drug-likeness (QED) is 0.600. The van der Waals surface area contributed by atoms with E-state index in [4.69, 9.17) is 4.74 Å². The number of fused-ring (bicyclic) bond motifs is 1. The molecule has 0 aromatic heterocycles. The molecule has 1 heterocycles. The molecular weight excluding hydrogens is 328 g/mol. The van der Waals surface area contributed by atoms with Crippen LogP contribution in [0.15, 0.2) is 36.6 Å². The number of aliphatic hydroxyl groups is 1. The number of hydrogen-bond acceptors (Lipinski definition) is 4. The largest absolute Gasteiger partial charge is 0.490 e. The lowest BCUT2D eigenvalue weighted by Crippen LogP contribution is -2.58. The van der Waals surface area contributed by atoms with Crippen LogP contribution in [0.3, 0.4) is 0 Å². The molecule has 0 aromatic rings. The van der Waals surface area contributed by atoms with Crippen LogP contribution in [0.25, 0.3) is 0 Å². The summed E-state index contributed by atoms with van der Waals surface area (Å²) in [6, 6.07) is 0. The topological polar surface area (TPSA) is 63.6 Å². The van der Waals surface area contributed by atoms with E-state index in [1.165, 1.54) is 0 Å². The summed E-state index contributed by atoms with van der Waals surface area (Å²) >= 11 is 0. The predicted octanol–water partition coefficient (Wildman–Crippen LogP) is 3.75. The standard InChI is InChI=1S/C22H30O4/c1-7-9-13-11-22-12-15(21(5,6)25)26-19(22)14(10-8-2)17(23)16(18(22)24)20(13,3)4/h7-8,13,15-16,25H,1-2,9-12H2,3-6H3/t13-,15-,16-,22+/m0/s1. The van der Waals surface area contributed by atoms with Gasteiger partial charge >= 0.3 is 0 Å². The average Bonchev–Trinajstić information content (AvgIpc) is 2.91. The fourth-order valence-electron chi connectivity index (χ4n) is 5.15. The van der Waals surface area contributed by atoms with Gasteiger partial charge in [-0.05, 0) is 44.4 Å². The summed E-state index contributed by atoms with van der Waals surface area (Å²) in [6.45, 7) is 15.1. The number of ketones is 2. The third-order valence-corrected chi connectivity index (χ3v) is 6.77. The summed E-state index contributed by atoms with van der Waals surface area (Å²) in [7, 11) is 0. The summed E-state index contributed by atoms with van der Waals surface area (Å²) in [5, 5.41) is 10.5. The number of carbonyl (C=O) groups is 2. The monoisotopic (exact) mass is 358 g/mol. The zero-order chi connectivity index (χ0) is 19.5.